The highest BCUT2D eigenvalue weighted by molar-refractivity contribution is 6.32. The van der Waals surface area contributed by atoms with Gasteiger partial charge in [0, 0.05) is 19.8 Å². The Morgan fingerprint density at radius 2 is 1.76 bits per heavy atom. The van der Waals surface area contributed by atoms with Gasteiger partial charge in [-0.3, -0.25) is 9.59 Å². The number of hydrogen-bond acceptors (Lipinski definition) is 3. The van der Waals surface area contributed by atoms with E-state index in [1.54, 1.807) is 62.3 Å². The molecule has 132 valence electrons. The molecular formula is C19H21ClN2O3. The minimum absolute atomic E-state index is 0.0264. The normalized spacial score (nSPS) is 11.5. The molecule has 0 aliphatic heterocycles. The number of carbonyl (C=O) groups is 2. The van der Waals surface area contributed by atoms with Crippen LogP contribution in [-0.4, -0.2) is 36.9 Å². The minimum atomic E-state index is -0.699. The molecular weight excluding hydrogens is 340 g/mol. The van der Waals surface area contributed by atoms with Crippen LogP contribution in [0.25, 0.3) is 0 Å². The predicted molar refractivity (Wildman–Crippen MR) is 99.0 cm³/mol. The second kappa shape index (κ2) is 8.53. The van der Waals surface area contributed by atoms with Gasteiger partial charge in [0.05, 0.1) is 11.4 Å². The number of amides is 2. The zero-order valence-electron chi connectivity index (χ0n) is 14.5. The Balaban J connectivity index is 1.93. The van der Waals surface area contributed by atoms with Gasteiger partial charge >= 0.3 is 0 Å². The third-order valence-electron chi connectivity index (χ3n) is 3.59. The lowest BCUT2D eigenvalue weighted by atomic mass is 10.1. The Morgan fingerprint density at radius 1 is 1.12 bits per heavy atom. The predicted octanol–water partition coefficient (Wildman–Crippen LogP) is 3.38. The Labute approximate surface area is 152 Å². The second-order valence-electron chi connectivity index (χ2n) is 5.84. The van der Waals surface area contributed by atoms with Crippen molar-refractivity contribution in [1.82, 2.24) is 4.90 Å². The van der Waals surface area contributed by atoms with Crippen molar-refractivity contribution in [2.75, 3.05) is 19.4 Å². The molecule has 0 spiro atoms. The van der Waals surface area contributed by atoms with Gasteiger partial charge in [0.25, 0.3) is 5.91 Å². The molecule has 1 N–H and O–H groups in total. The zero-order chi connectivity index (χ0) is 18.4. The summed E-state index contributed by atoms with van der Waals surface area (Å²) in [4.78, 5) is 25.5. The molecule has 2 amide bonds. The molecule has 0 aliphatic rings. The molecule has 5 nitrogen and oxygen atoms in total. The van der Waals surface area contributed by atoms with Crippen LogP contribution < -0.4 is 10.1 Å². The summed E-state index contributed by atoms with van der Waals surface area (Å²) >= 11 is 6.03. The average Bonchev–Trinajstić information content (AvgIpc) is 2.58. The van der Waals surface area contributed by atoms with Gasteiger partial charge < -0.3 is 15.0 Å². The molecule has 6 heteroatoms. The number of rotatable bonds is 6. The van der Waals surface area contributed by atoms with Crippen molar-refractivity contribution in [1.29, 1.82) is 0 Å². The van der Waals surface area contributed by atoms with Gasteiger partial charge in [-0.25, -0.2) is 0 Å². The van der Waals surface area contributed by atoms with Crippen LogP contribution in [0.3, 0.4) is 0 Å². The standard InChI is InChI=1S/C19H21ClN2O3/c1-13(25-17-7-5-4-6-16(17)20)19(24)21-15-10-8-14(9-11-15)12-18(23)22(2)3/h4-11,13H,12H2,1-3H3,(H,21,24). The topological polar surface area (TPSA) is 58.6 Å². The lowest BCUT2D eigenvalue weighted by Crippen LogP contribution is -2.30. The molecule has 2 rings (SSSR count). The van der Waals surface area contributed by atoms with Gasteiger partial charge in [-0.1, -0.05) is 35.9 Å². The van der Waals surface area contributed by atoms with Gasteiger partial charge in [-0.2, -0.15) is 0 Å². The third-order valence-corrected chi connectivity index (χ3v) is 3.90. The number of halogens is 1. The molecule has 2 aromatic carbocycles. The van der Waals surface area contributed by atoms with E-state index < -0.39 is 6.10 Å². The maximum Gasteiger partial charge on any atom is 0.265 e. The van der Waals surface area contributed by atoms with Crippen LogP contribution in [-0.2, 0) is 16.0 Å². The number of para-hydroxylation sites is 1. The molecule has 0 radical (unpaired) electrons. The number of anilines is 1. The Hall–Kier alpha value is -2.53. The summed E-state index contributed by atoms with van der Waals surface area (Å²) in [6.45, 7) is 1.66. The first-order valence-corrected chi connectivity index (χ1v) is 8.25. The fourth-order valence-corrected chi connectivity index (χ4v) is 2.25. The van der Waals surface area contributed by atoms with Crippen LogP contribution in [0.5, 0.6) is 5.75 Å². The van der Waals surface area contributed by atoms with Gasteiger partial charge in [0.2, 0.25) is 5.91 Å². The minimum Gasteiger partial charge on any atom is -0.479 e. The summed E-state index contributed by atoms with van der Waals surface area (Å²) in [6.07, 6.45) is -0.373. The molecule has 25 heavy (non-hydrogen) atoms. The highest BCUT2D eigenvalue weighted by atomic mass is 35.5. The maximum absolute atomic E-state index is 12.2. The van der Waals surface area contributed by atoms with E-state index in [1.165, 1.54) is 0 Å². The fraction of sp³-hybridized carbons (Fsp3) is 0.263. The SMILES string of the molecule is CC(Oc1ccccc1Cl)C(=O)Nc1ccc(CC(=O)N(C)C)cc1. The maximum atomic E-state index is 12.2. The van der Waals surface area contributed by atoms with E-state index in [0.29, 0.717) is 22.9 Å². The van der Waals surface area contributed by atoms with Crippen LogP contribution >= 0.6 is 11.6 Å². The molecule has 0 aromatic heterocycles. The van der Waals surface area contributed by atoms with E-state index in [1.807, 2.05) is 12.1 Å². The molecule has 0 bridgehead atoms. The Morgan fingerprint density at radius 3 is 2.36 bits per heavy atom. The summed E-state index contributed by atoms with van der Waals surface area (Å²) in [5.74, 6) is 0.208. The van der Waals surface area contributed by atoms with Crippen molar-refractivity contribution in [2.24, 2.45) is 0 Å². The zero-order valence-corrected chi connectivity index (χ0v) is 15.2. The van der Waals surface area contributed by atoms with E-state index in [0.717, 1.165) is 5.56 Å². The molecule has 1 atom stereocenters. The van der Waals surface area contributed by atoms with Gasteiger partial charge in [-0.05, 0) is 36.8 Å². The third kappa shape index (κ3) is 5.50. The molecule has 2 aromatic rings. The first kappa shape index (κ1) is 18.8. The highest BCUT2D eigenvalue weighted by Crippen LogP contribution is 2.24. The summed E-state index contributed by atoms with van der Waals surface area (Å²) in [6, 6.07) is 14.2. The van der Waals surface area contributed by atoms with Crippen LogP contribution in [0.2, 0.25) is 5.02 Å². The number of carbonyl (C=O) groups excluding carboxylic acids is 2. The highest BCUT2D eigenvalue weighted by Gasteiger charge is 2.16. The second-order valence-corrected chi connectivity index (χ2v) is 6.25. The summed E-state index contributed by atoms with van der Waals surface area (Å²) in [7, 11) is 3.44. The van der Waals surface area contributed by atoms with Crippen molar-refractivity contribution in [3.63, 3.8) is 0 Å². The van der Waals surface area contributed by atoms with E-state index in [9.17, 15) is 9.59 Å². The summed E-state index contributed by atoms with van der Waals surface area (Å²) in [5, 5.41) is 3.24. The van der Waals surface area contributed by atoms with Crippen molar-refractivity contribution in [3.05, 3.63) is 59.1 Å². The average molecular weight is 361 g/mol. The Kier molecular flexibility index (Phi) is 6.42. The van der Waals surface area contributed by atoms with Crippen LogP contribution in [0.1, 0.15) is 12.5 Å². The number of hydrogen-bond donors (Lipinski definition) is 1. The number of benzene rings is 2. The fourth-order valence-electron chi connectivity index (χ4n) is 2.07. The number of likely N-dealkylation sites (N-methyl/N-ethyl adjacent to an activating group) is 1. The largest absolute Gasteiger partial charge is 0.479 e. The summed E-state index contributed by atoms with van der Waals surface area (Å²) in [5.41, 5.74) is 1.53. The van der Waals surface area contributed by atoms with Crippen molar-refractivity contribution in [2.45, 2.75) is 19.4 Å². The molecule has 0 saturated heterocycles. The van der Waals surface area contributed by atoms with E-state index in [-0.39, 0.29) is 11.8 Å². The molecule has 1 unspecified atom stereocenters. The van der Waals surface area contributed by atoms with Crippen molar-refractivity contribution in [3.8, 4) is 5.75 Å². The Bertz CT molecular complexity index is 745. The first-order chi connectivity index (χ1) is 11.9. The van der Waals surface area contributed by atoms with E-state index >= 15 is 0 Å². The van der Waals surface area contributed by atoms with Crippen LogP contribution in [0.15, 0.2) is 48.5 Å². The molecule has 0 aliphatic carbocycles. The van der Waals surface area contributed by atoms with Gasteiger partial charge in [-0.15, -0.1) is 0 Å². The summed E-state index contributed by atoms with van der Waals surface area (Å²) < 4.78 is 5.59. The van der Waals surface area contributed by atoms with E-state index in [4.69, 9.17) is 16.3 Å². The lowest BCUT2D eigenvalue weighted by Gasteiger charge is -2.16. The monoisotopic (exact) mass is 360 g/mol. The van der Waals surface area contributed by atoms with Crippen LogP contribution in [0.4, 0.5) is 5.69 Å². The van der Waals surface area contributed by atoms with Crippen LogP contribution in [0, 0.1) is 0 Å². The quantitative estimate of drug-likeness (QED) is 0.859. The molecule has 0 heterocycles. The van der Waals surface area contributed by atoms with E-state index in [2.05, 4.69) is 5.32 Å². The number of nitrogens with zero attached hydrogens (tertiary/aromatic N) is 1. The van der Waals surface area contributed by atoms with Gasteiger partial charge in [0.1, 0.15) is 5.75 Å². The van der Waals surface area contributed by atoms with Gasteiger partial charge in [0.15, 0.2) is 6.10 Å². The lowest BCUT2D eigenvalue weighted by molar-refractivity contribution is -0.128. The van der Waals surface area contributed by atoms with Crippen molar-refractivity contribution >= 4 is 29.1 Å². The first-order valence-electron chi connectivity index (χ1n) is 7.88. The number of ether oxygens (including phenoxy) is 1. The number of nitrogens with one attached hydrogen (secondary N) is 1. The molecule has 0 saturated carbocycles. The molecule has 0 fully saturated rings. The van der Waals surface area contributed by atoms with Crippen molar-refractivity contribution < 1.29 is 14.3 Å². The smallest absolute Gasteiger partial charge is 0.265 e.